The highest BCUT2D eigenvalue weighted by Crippen LogP contribution is 2.29. The predicted molar refractivity (Wildman–Crippen MR) is 151 cm³/mol. The van der Waals surface area contributed by atoms with E-state index in [4.69, 9.17) is 4.74 Å². The lowest BCUT2D eigenvalue weighted by molar-refractivity contribution is -0.274. The Morgan fingerprint density at radius 1 is 1.07 bits per heavy atom. The van der Waals surface area contributed by atoms with E-state index in [0.717, 1.165) is 12.1 Å². The van der Waals surface area contributed by atoms with E-state index >= 15 is 0 Å². The number of carbonyl (C=O) groups excluding carboxylic acids is 1. The number of hydrogen-bond donors (Lipinski definition) is 3. The molecule has 232 valence electrons. The number of methoxy groups -OCH3 is 1. The van der Waals surface area contributed by atoms with Gasteiger partial charge in [-0.3, -0.25) is 4.79 Å². The van der Waals surface area contributed by atoms with Crippen LogP contribution >= 0.6 is 0 Å². The van der Waals surface area contributed by atoms with Crippen molar-refractivity contribution in [2.45, 2.75) is 37.4 Å². The Morgan fingerprint density at radius 2 is 1.79 bits per heavy atom. The van der Waals surface area contributed by atoms with E-state index in [-0.39, 0.29) is 49.7 Å². The number of amides is 1. The predicted octanol–water partition coefficient (Wildman–Crippen LogP) is 2.21. The van der Waals surface area contributed by atoms with Crippen molar-refractivity contribution in [2.75, 3.05) is 50.2 Å². The summed E-state index contributed by atoms with van der Waals surface area (Å²) in [5.74, 6) is 0.570. The first kappa shape index (κ1) is 30.6. The molecule has 0 bridgehead atoms. The highest BCUT2D eigenvalue weighted by atomic mass is 32.2. The van der Waals surface area contributed by atoms with Crippen LogP contribution in [0.25, 0.3) is 10.9 Å². The fraction of sp³-hybridized carbons (Fsp3) is 0.444. The van der Waals surface area contributed by atoms with Crippen molar-refractivity contribution in [3.63, 3.8) is 0 Å². The maximum atomic E-state index is 12.9. The lowest BCUT2D eigenvalue weighted by Crippen LogP contribution is -2.34. The number of aromatic nitrogens is 2. The van der Waals surface area contributed by atoms with Gasteiger partial charge >= 0.3 is 6.36 Å². The average molecular weight is 625 g/mol. The van der Waals surface area contributed by atoms with E-state index in [9.17, 15) is 31.5 Å². The first-order chi connectivity index (χ1) is 20.3. The number of rotatable bonds is 9. The van der Waals surface area contributed by atoms with E-state index in [0.29, 0.717) is 41.0 Å². The molecule has 3 aromatic rings. The van der Waals surface area contributed by atoms with Gasteiger partial charge in [-0.1, -0.05) is 12.1 Å². The van der Waals surface area contributed by atoms with E-state index in [1.807, 2.05) is 0 Å². The molecule has 3 N–H and O–H groups in total. The maximum Gasteiger partial charge on any atom is 0.573 e. The first-order valence-electron chi connectivity index (χ1n) is 13.4. The molecule has 0 unspecified atom stereocenters. The third-order valence-corrected chi connectivity index (χ3v) is 8.60. The van der Waals surface area contributed by atoms with Crippen LogP contribution in [0.2, 0.25) is 0 Å². The van der Waals surface area contributed by atoms with Gasteiger partial charge < -0.3 is 30.1 Å². The fourth-order valence-electron chi connectivity index (χ4n) is 5.14. The number of sulfonamides is 1. The minimum Gasteiger partial charge on any atom is -0.497 e. The van der Waals surface area contributed by atoms with Crippen molar-refractivity contribution in [1.29, 1.82) is 0 Å². The van der Waals surface area contributed by atoms with Crippen molar-refractivity contribution in [1.82, 2.24) is 19.2 Å². The number of alkyl halides is 3. The lowest BCUT2D eigenvalue weighted by Gasteiger charge is -2.20. The summed E-state index contributed by atoms with van der Waals surface area (Å²) in [6, 6.07) is 9.54. The van der Waals surface area contributed by atoms with Gasteiger partial charge in [0.15, 0.2) is 0 Å². The number of aliphatic hydroxyl groups excluding tert-OH is 1. The van der Waals surface area contributed by atoms with E-state index in [2.05, 4.69) is 25.3 Å². The molecule has 3 atom stereocenters. The van der Waals surface area contributed by atoms with E-state index < -0.39 is 28.5 Å². The summed E-state index contributed by atoms with van der Waals surface area (Å²) in [6.07, 6.45) is -4.05. The second kappa shape index (κ2) is 12.0. The number of halogens is 3. The highest BCUT2D eigenvalue weighted by molar-refractivity contribution is 7.88. The third kappa shape index (κ3) is 7.55. The molecule has 2 fully saturated rings. The van der Waals surface area contributed by atoms with Crippen LogP contribution in [-0.4, -0.2) is 103 Å². The van der Waals surface area contributed by atoms with Gasteiger partial charge in [0.2, 0.25) is 21.9 Å². The zero-order valence-corrected chi connectivity index (χ0v) is 24.2. The number of likely N-dealkylation sites (tertiary alicyclic amines) is 1. The summed E-state index contributed by atoms with van der Waals surface area (Å²) in [4.78, 5) is 23.6. The molecule has 0 spiro atoms. The molecule has 1 aromatic heterocycles. The van der Waals surface area contributed by atoms with Crippen molar-refractivity contribution in [3.8, 4) is 11.5 Å². The van der Waals surface area contributed by atoms with E-state index in [1.54, 1.807) is 18.2 Å². The van der Waals surface area contributed by atoms with Gasteiger partial charge in [-0.25, -0.2) is 17.7 Å². The number of benzene rings is 2. The van der Waals surface area contributed by atoms with Crippen LogP contribution in [0, 0.1) is 0 Å². The van der Waals surface area contributed by atoms with Gasteiger partial charge in [0.25, 0.3) is 0 Å². The second-order valence-corrected chi connectivity index (χ2v) is 12.5. The Balaban J connectivity index is 1.28. The normalized spacial score (nSPS) is 21.3. The fourth-order valence-corrected chi connectivity index (χ4v) is 6.03. The molecule has 0 aliphatic carbocycles. The number of hydrogen-bond acceptors (Lipinski definition) is 10. The van der Waals surface area contributed by atoms with Crippen LogP contribution < -0.4 is 20.1 Å². The van der Waals surface area contributed by atoms with Gasteiger partial charge in [-0.15, -0.1) is 13.2 Å². The SMILES string of the molecule is COc1ccc2nc(N[C@@H]3CN(C(=O)Cc4ccc(OC(F)(F)F)cc4)C[C@H]3O)nc(N[C@@H]3CCN(S(C)(=O)=O)C3)c2c1. The molecular weight excluding hydrogens is 593 g/mol. The van der Waals surface area contributed by atoms with Crippen LogP contribution in [-0.2, 0) is 21.2 Å². The molecule has 5 rings (SSSR count). The zero-order valence-electron chi connectivity index (χ0n) is 23.3. The maximum absolute atomic E-state index is 12.9. The number of carbonyl (C=O) groups is 1. The minimum atomic E-state index is -4.81. The number of nitrogens with one attached hydrogen (secondary N) is 2. The largest absolute Gasteiger partial charge is 0.573 e. The van der Waals surface area contributed by atoms with Crippen molar-refractivity contribution in [2.24, 2.45) is 0 Å². The van der Waals surface area contributed by atoms with Gasteiger partial charge in [-0.05, 0) is 42.3 Å². The summed E-state index contributed by atoms with van der Waals surface area (Å²) in [6.45, 7) is 0.865. The molecule has 0 saturated carbocycles. The Morgan fingerprint density at radius 3 is 2.44 bits per heavy atom. The van der Waals surface area contributed by atoms with Gasteiger partial charge in [-0.2, -0.15) is 4.98 Å². The number of aliphatic hydroxyl groups is 1. The summed E-state index contributed by atoms with van der Waals surface area (Å²) in [7, 11) is -1.79. The molecule has 2 aliphatic heterocycles. The molecule has 3 heterocycles. The topological polar surface area (TPSA) is 146 Å². The number of ether oxygens (including phenoxy) is 2. The van der Waals surface area contributed by atoms with Gasteiger partial charge in [0.05, 0.1) is 37.4 Å². The van der Waals surface area contributed by atoms with E-state index in [1.165, 1.54) is 34.7 Å². The lowest BCUT2D eigenvalue weighted by atomic mass is 10.1. The van der Waals surface area contributed by atoms with Crippen LogP contribution in [0.4, 0.5) is 24.9 Å². The third-order valence-electron chi connectivity index (χ3n) is 7.33. The van der Waals surface area contributed by atoms with Crippen LogP contribution in [0.15, 0.2) is 42.5 Å². The Labute approximate surface area is 245 Å². The Bertz CT molecular complexity index is 1590. The van der Waals surface area contributed by atoms with Crippen molar-refractivity contribution in [3.05, 3.63) is 48.0 Å². The molecule has 2 aliphatic rings. The number of nitrogens with zero attached hydrogens (tertiary/aromatic N) is 4. The Hall–Kier alpha value is -3.89. The summed E-state index contributed by atoms with van der Waals surface area (Å²) < 4.78 is 71.8. The van der Waals surface area contributed by atoms with Gasteiger partial charge in [0.1, 0.15) is 17.3 Å². The van der Waals surface area contributed by atoms with Crippen LogP contribution in [0.1, 0.15) is 12.0 Å². The minimum absolute atomic E-state index is 0.0467. The second-order valence-electron chi connectivity index (χ2n) is 10.5. The number of β-amino-alcohol motifs (C(OH)–C–C–N with tert-alkyl or cyclic N) is 1. The van der Waals surface area contributed by atoms with Crippen LogP contribution in [0.5, 0.6) is 11.5 Å². The summed E-state index contributed by atoms with van der Waals surface area (Å²) in [5.41, 5.74) is 1.08. The summed E-state index contributed by atoms with van der Waals surface area (Å²) in [5, 5.41) is 17.9. The monoisotopic (exact) mass is 624 g/mol. The number of anilines is 2. The van der Waals surface area contributed by atoms with Crippen molar-refractivity contribution >= 4 is 38.6 Å². The standard InChI is InChI=1S/C27H31F3N6O6S/c1-41-19-7-8-21-20(12-19)25(31-17-9-10-36(13-17)43(2,39)40)34-26(32-21)33-22-14-35(15-23(22)37)24(38)11-16-3-5-18(6-4-16)42-27(28,29)30/h3-8,12,17,22-23,37H,9-11,13-15H2,1-2H3,(H2,31,32,33,34)/t17-,22-,23-/m1/s1. The Kier molecular flexibility index (Phi) is 8.54. The average Bonchev–Trinajstić information content (AvgIpc) is 3.56. The molecule has 43 heavy (non-hydrogen) atoms. The number of fused-ring (bicyclic) bond motifs is 1. The zero-order chi connectivity index (χ0) is 30.9. The molecule has 0 radical (unpaired) electrons. The van der Waals surface area contributed by atoms with Crippen molar-refractivity contribution < 1.29 is 41.0 Å². The quantitative estimate of drug-likeness (QED) is 0.324. The highest BCUT2D eigenvalue weighted by Gasteiger charge is 2.35. The molecule has 16 heteroatoms. The summed E-state index contributed by atoms with van der Waals surface area (Å²) >= 11 is 0. The van der Waals surface area contributed by atoms with Crippen LogP contribution in [0.3, 0.4) is 0 Å². The molecule has 1 amide bonds. The molecular formula is C27H31F3N6O6S. The molecule has 2 saturated heterocycles. The first-order valence-corrected chi connectivity index (χ1v) is 15.3. The van der Waals surface area contributed by atoms with Gasteiger partial charge in [0, 0.05) is 37.6 Å². The smallest absolute Gasteiger partial charge is 0.497 e. The molecule has 12 nitrogen and oxygen atoms in total. The molecule has 2 aromatic carbocycles.